The Labute approximate surface area is 98.9 Å². The van der Waals surface area contributed by atoms with Crippen LogP contribution in [0, 0.1) is 25.2 Å². The first kappa shape index (κ1) is 11.2. The van der Waals surface area contributed by atoms with E-state index < -0.39 is 5.63 Å². The van der Waals surface area contributed by atoms with Gasteiger partial charge in [0.25, 0.3) is 0 Å². The summed E-state index contributed by atoms with van der Waals surface area (Å²) in [5, 5.41) is 8.79. The maximum atomic E-state index is 11.5. The van der Waals surface area contributed by atoms with Crippen LogP contribution in [0.4, 0.5) is 0 Å². The van der Waals surface area contributed by atoms with Gasteiger partial charge in [-0.2, -0.15) is 5.26 Å². The minimum absolute atomic E-state index is 0.0702. The zero-order valence-electron chi connectivity index (χ0n) is 9.65. The first-order chi connectivity index (χ1) is 8.11. The summed E-state index contributed by atoms with van der Waals surface area (Å²) in [6, 6.07) is 11.2. The highest BCUT2D eigenvalue weighted by Crippen LogP contribution is 2.20. The fraction of sp³-hybridized carbons (Fsp3) is 0.143. The van der Waals surface area contributed by atoms with Gasteiger partial charge in [-0.3, -0.25) is 0 Å². The van der Waals surface area contributed by atoms with Crippen molar-refractivity contribution in [2.75, 3.05) is 0 Å². The Morgan fingerprint density at radius 3 is 2.35 bits per heavy atom. The van der Waals surface area contributed by atoms with Crippen molar-refractivity contribution in [1.82, 2.24) is 0 Å². The fourth-order valence-electron chi connectivity index (χ4n) is 1.60. The molecule has 0 saturated heterocycles. The van der Waals surface area contributed by atoms with E-state index in [9.17, 15) is 4.79 Å². The van der Waals surface area contributed by atoms with E-state index in [-0.39, 0.29) is 5.56 Å². The molecule has 2 rings (SSSR count). The molecule has 0 N–H and O–H groups in total. The van der Waals surface area contributed by atoms with Crippen molar-refractivity contribution in [2.45, 2.75) is 13.8 Å². The molecule has 0 atom stereocenters. The Morgan fingerprint density at radius 1 is 1.18 bits per heavy atom. The normalized spacial score (nSPS) is 9.94. The van der Waals surface area contributed by atoms with Crippen LogP contribution in [-0.2, 0) is 0 Å². The largest absolute Gasteiger partial charge is 0.422 e. The highest BCUT2D eigenvalue weighted by atomic mass is 16.4. The van der Waals surface area contributed by atoms with Crippen LogP contribution in [0.15, 0.2) is 39.5 Å². The third kappa shape index (κ3) is 2.11. The lowest BCUT2D eigenvalue weighted by Gasteiger charge is -2.02. The molecule has 0 saturated carbocycles. The molecule has 0 amide bonds. The summed E-state index contributed by atoms with van der Waals surface area (Å²) in [5.41, 5.74) is 2.10. The topological polar surface area (TPSA) is 54.0 Å². The molecular weight excluding hydrogens is 214 g/mol. The van der Waals surface area contributed by atoms with Crippen molar-refractivity contribution in [3.8, 4) is 17.4 Å². The summed E-state index contributed by atoms with van der Waals surface area (Å²) in [6.07, 6.45) is 0. The second-order valence-corrected chi connectivity index (χ2v) is 3.93. The Hall–Kier alpha value is -2.34. The van der Waals surface area contributed by atoms with Crippen LogP contribution in [-0.4, -0.2) is 0 Å². The van der Waals surface area contributed by atoms with Gasteiger partial charge in [0.2, 0.25) is 0 Å². The number of aryl methyl sites for hydroxylation is 2. The first-order valence-electron chi connectivity index (χ1n) is 5.23. The van der Waals surface area contributed by atoms with Gasteiger partial charge in [0.05, 0.1) is 0 Å². The zero-order valence-corrected chi connectivity index (χ0v) is 9.65. The highest BCUT2D eigenvalue weighted by molar-refractivity contribution is 5.59. The average Bonchev–Trinajstić information content (AvgIpc) is 2.29. The van der Waals surface area contributed by atoms with Crippen LogP contribution >= 0.6 is 0 Å². The molecule has 2 aromatic rings. The first-order valence-corrected chi connectivity index (χ1v) is 5.23. The van der Waals surface area contributed by atoms with Crippen LogP contribution in [0.1, 0.15) is 16.7 Å². The lowest BCUT2D eigenvalue weighted by molar-refractivity contribution is 0.522. The number of hydrogen-bond acceptors (Lipinski definition) is 3. The Morgan fingerprint density at radius 2 is 1.82 bits per heavy atom. The number of benzene rings is 1. The van der Waals surface area contributed by atoms with Gasteiger partial charge >= 0.3 is 5.63 Å². The smallest absolute Gasteiger partial charge is 0.354 e. The molecule has 0 spiro atoms. The second kappa shape index (κ2) is 4.26. The molecule has 0 aliphatic rings. The summed E-state index contributed by atoms with van der Waals surface area (Å²) in [6.45, 7) is 3.72. The minimum Gasteiger partial charge on any atom is -0.422 e. The fourth-order valence-corrected chi connectivity index (χ4v) is 1.60. The maximum Gasteiger partial charge on any atom is 0.354 e. The number of rotatable bonds is 1. The van der Waals surface area contributed by atoms with Gasteiger partial charge < -0.3 is 4.42 Å². The molecular formula is C14H11NO2. The van der Waals surface area contributed by atoms with Crippen LogP contribution in [0.25, 0.3) is 11.3 Å². The monoisotopic (exact) mass is 225 g/mol. The number of nitrogens with zero attached hydrogens (tertiary/aromatic N) is 1. The minimum atomic E-state index is -0.580. The van der Waals surface area contributed by atoms with Crippen LogP contribution < -0.4 is 5.63 Å². The van der Waals surface area contributed by atoms with Gasteiger partial charge in [-0.05, 0) is 25.5 Å². The quantitative estimate of drug-likeness (QED) is 0.749. The Kier molecular flexibility index (Phi) is 2.80. The van der Waals surface area contributed by atoms with Crippen LogP contribution in [0.3, 0.4) is 0 Å². The Balaban J connectivity index is 2.59. The summed E-state index contributed by atoms with van der Waals surface area (Å²) in [7, 11) is 0. The molecule has 1 aromatic carbocycles. The molecule has 0 radical (unpaired) electrons. The van der Waals surface area contributed by atoms with E-state index in [0.717, 1.165) is 11.1 Å². The molecule has 3 nitrogen and oxygen atoms in total. The average molecular weight is 225 g/mol. The van der Waals surface area contributed by atoms with Crippen LogP contribution in [0.5, 0.6) is 0 Å². The zero-order chi connectivity index (χ0) is 12.4. The van der Waals surface area contributed by atoms with E-state index in [1.807, 2.05) is 37.3 Å². The van der Waals surface area contributed by atoms with E-state index >= 15 is 0 Å². The number of hydrogen-bond donors (Lipinski definition) is 0. The predicted molar refractivity (Wildman–Crippen MR) is 64.6 cm³/mol. The molecule has 0 aliphatic carbocycles. The van der Waals surface area contributed by atoms with Gasteiger partial charge in [-0.15, -0.1) is 0 Å². The van der Waals surface area contributed by atoms with E-state index in [1.165, 1.54) is 0 Å². The summed E-state index contributed by atoms with van der Waals surface area (Å²) in [4.78, 5) is 11.5. The maximum absolute atomic E-state index is 11.5. The SMILES string of the molecule is Cc1ccc(-c2cc(C)c(C#N)c(=O)o2)cc1. The predicted octanol–water partition coefficient (Wildman–Crippen LogP) is 2.80. The van der Waals surface area contributed by atoms with Gasteiger partial charge in [0, 0.05) is 5.56 Å². The van der Waals surface area contributed by atoms with Crippen molar-refractivity contribution in [2.24, 2.45) is 0 Å². The number of nitriles is 1. The second-order valence-electron chi connectivity index (χ2n) is 3.93. The standard InChI is InChI=1S/C14H11NO2/c1-9-3-5-11(6-4-9)13-7-10(2)12(8-15)14(16)17-13/h3-7H,1-2H3. The summed E-state index contributed by atoms with van der Waals surface area (Å²) >= 11 is 0. The molecule has 1 heterocycles. The molecule has 0 bridgehead atoms. The van der Waals surface area contributed by atoms with Gasteiger partial charge in [0.15, 0.2) is 0 Å². The van der Waals surface area contributed by atoms with Crippen molar-refractivity contribution < 1.29 is 4.42 Å². The molecule has 84 valence electrons. The molecule has 1 aromatic heterocycles. The van der Waals surface area contributed by atoms with Gasteiger partial charge in [-0.1, -0.05) is 29.8 Å². The van der Waals surface area contributed by atoms with Crippen molar-refractivity contribution in [3.63, 3.8) is 0 Å². The third-order valence-corrected chi connectivity index (χ3v) is 2.60. The highest BCUT2D eigenvalue weighted by Gasteiger charge is 2.09. The van der Waals surface area contributed by atoms with E-state index in [0.29, 0.717) is 11.3 Å². The molecule has 17 heavy (non-hydrogen) atoms. The summed E-state index contributed by atoms with van der Waals surface area (Å²) in [5.74, 6) is 0.492. The van der Waals surface area contributed by atoms with E-state index in [1.54, 1.807) is 13.0 Å². The Bertz CT molecular complexity index is 645. The van der Waals surface area contributed by atoms with Crippen molar-refractivity contribution in [3.05, 3.63) is 57.4 Å². The third-order valence-electron chi connectivity index (χ3n) is 2.60. The molecule has 0 aliphatic heterocycles. The van der Waals surface area contributed by atoms with Crippen molar-refractivity contribution >= 4 is 0 Å². The van der Waals surface area contributed by atoms with E-state index in [4.69, 9.17) is 9.68 Å². The van der Waals surface area contributed by atoms with Gasteiger partial charge in [-0.25, -0.2) is 4.79 Å². The molecule has 0 unspecified atom stereocenters. The lowest BCUT2D eigenvalue weighted by atomic mass is 10.1. The summed E-state index contributed by atoms with van der Waals surface area (Å²) < 4.78 is 5.13. The van der Waals surface area contributed by atoms with Crippen molar-refractivity contribution in [1.29, 1.82) is 5.26 Å². The van der Waals surface area contributed by atoms with Gasteiger partial charge in [0.1, 0.15) is 17.4 Å². The van der Waals surface area contributed by atoms with Crippen LogP contribution in [0.2, 0.25) is 0 Å². The molecule has 0 fully saturated rings. The molecule has 3 heteroatoms. The van der Waals surface area contributed by atoms with E-state index in [2.05, 4.69) is 0 Å². The lowest BCUT2D eigenvalue weighted by Crippen LogP contribution is -2.06.